The second-order valence-electron chi connectivity index (χ2n) is 3.92. The Morgan fingerprint density at radius 3 is 3.00 bits per heavy atom. The van der Waals surface area contributed by atoms with Gasteiger partial charge in [0.15, 0.2) is 0 Å². The summed E-state index contributed by atoms with van der Waals surface area (Å²) in [6, 6.07) is 1.79. The zero-order valence-corrected chi connectivity index (χ0v) is 9.23. The number of nitrogens with one attached hydrogen (secondary N) is 2. The number of aliphatic hydroxyl groups is 1. The van der Waals surface area contributed by atoms with Gasteiger partial charge in [0, 0.05) is 32.7 Å². The maximum atomic E-state index is 10.0. The zero-order chi connectivity index (χ0) is 11.4. The van der Waals surface area contributed by atoms with Crippen LogP contribution in [0.3, 0.4) is 0 Å². The maximum Gasteiger partial charge on any atom is 0.131 e. The standard InChI is InChI=1S/C10H16N4O2/c1-11-8-4-9(14-7-13-8)12-5-10(15)2-3-16-6-10/h4,7,15H,2-3,5-6H2,1H3,(H2,11,12,13,14). The number of anilines is 2. The summed E-state index contributed by atoms with van der Waals surface area (Å²) >= 11 is 0. The number of ether oxygens (including phenoxy) is 1. The van der Waals surface area contributed by atoms with Crippen LogP contribution in [0.25, 0.3) is 0 Å². The SMILES string of the molecule is CNc1cc(NCC2(O)CCOC2)ncn1. The molecule has 1 aromatic rings. The van der Waals surface area contributed by atoms with Crippen molar-refractivity contribution < 1.29 is 9.84 Å². The summed E-state index contributed by atoms with van der Waals surface area (Å²) in [6.45, 7) is 1.43. The van der Waals surface area contributed by atoms with Crippen LogP contribution in [0.5, 0.6) is 0 Å². The van der Waals surface area contributed by atoms with Crippen LogP contribution in [-0.4, -0.2) is 47.5 Å². The van der Waals surface area contributed by atoms with Gasteiger partial charge in [-0.25, -0.2) is 9.97 Å². The summed E-state index contributed by atoms with van der Waals surface area (Å²) in [4.78, 5) is 8.07. The number of nitrogens with zero attached hydrogens (tertiary/aromatic N) is 2. The van der Waals surface area contributed by atoms with Crippen LogP contribution in [0, 0.1) is 0 Å². The largest absolute Gasteiger partial charge is 0.386 e. The third-order valence-corrected chi connectivity index (χ3v) is 2.60. The quantitative estimate of drug-likeness (QED) is 0.672. The first-order valence-electron chi connectivity index (χ1n) is 5.26. The molecule has 1 fully saturated rings. The molecule has 0 bridgehead atoms. The van der Waals surface area contributed by atoms with Crippen LogP contribution in [0.15, 0.2) is 12.4 Å². The van der Waals surface area contributed by atoms with Crippen molar-refractivity contribution in [2.45, 2.75) is 12.0 Å². The van der Waals surface area contributed by atoms with E-state index in [-0.39, 0.29) is 0 Å². The minimum atomic E-state index is -0.773. The first kappa shape index (κ1) is 11.1. The van der Waals surface area contributed by atoms with Gasteiger partial charge < -0.3 is 20.5 Å². The Morgan fingerprint density at radius 2 is 2.31 bits per heavy atom. The molecule has 1 aliphatic heterocycles. The lowest BCUT2D eigenvalue weighted by atomic mass is 10.0. The monoisotopic (exact) mass is 224 g/mol. The van der Waals surface area contributed by atoms with Gasteiger partial charge in [-0.3, -0.25) is 0 Å². The Hall–Kier alpha value is -1.40. The predicted octanol–water partition coefficient (Wildman–Crippen LogP) is 0.0816. The number of aromatic nitrogens is 2. The van der Waals surface area contributed by atoms with E-state index in [1.54, 1.807) is 13.1 Å². The van der Waals surface area contributed by atoms with Crippen LogP contribution in [0.2, 0.25) is 0 Å². The molecule has 0 saturated carbocycles. The first-order chi connectivity index (χ1) is 7.72. The molecule has 2 heterocycles. The summed E-state index contributed by atoms with van der Waals surface area (Å²) in [7, 11) is 1.80. The van der Waals surface area contributed by atoms with Crippen molar-refractivity contribution in [1.82, 2.24) is 9.97 Å². The van der Waals surface area contributed by atoms with E-state index in [0.29, 0.717) is 32.0 Å². The van der Waals surface area contributed by atoms with Crippen LogP contribution in [-0.2, 0) is 4.74 Å². The van der Waals surface area contributed by atoms with Gasteiger partial charge in [-0.2, -0.15) is 0 Å². The normalized spacial score (nSPS) is 24.4. The molecular weight excluding hydrogens is 208 g/mol. The highest BCUT2D eigenvalue weighted by molar-refractivity contribution is 5.46. The molecule has 3 N–H and O–H groups in total. The minimum absolute atomic E-state index is 0.379. The molecule has 1 aromatic heterocycles. The third-order valence-electron chi connectivity index (χ3n) is 2.60. The molecule has 0 aliphatic carbocycles. The average Bonchev–Trinajstić information content (AvgIpc) is 2.75. The summed E-state index contributed by atoms with van der Waals surface area (Å²) in [6.07, 6.45) is 2.13. The fourth-order valence-corrected chi connectivity index (χ4v) is 1.58. The van der Waals surface area contributed by atoms with Crippen molar-refractivity contribution >= 4 is 11.6 Å². The van der Waals surface area contributed by atoms with Gasteiger partial charge in [0.25, 0.3) is 0 Å². The first-order valence-corrected chi connectivity index (χ1v) is 5.26. The number of hydrogen-bond acceptors (Lipinski definition) is 6. The molecule has 6 nitrogen and oxygen atoms in total. The smallest absolute Gasteiger partial charge is 0.131 e. The molecule has 1 atom stereocenters. The summed E-state index contributed by atoms with van der Waals surface area (Å²) in [5.74, 6) is 1.44. The van der Waals surface area contributed by atoms with E-state index in [9.17, 15) is 5.11 Å². The highest BCUT2D eigenvalue weighted by Gasteiger charge is 2.31. The van der Waals surface area contributed by atoms with E-state index in [2.05, 4.69) is 20.6 Å². The molecule has 0 radical (unpaired) electrons. The van der Waals surface area contributed by atoms with Crippen molar-refractivity contribution in [2.24, 2.45) is 0 Å². The Kier molecular flexibility index (Phi) is 3.21. The van der Waals surface area contributed by atoms with Crippen molar-refractivity contribution in [3.05, 3.63) is 12.4 Å². The minimum Gasteiger partial charge on any atom is -0.386 e. The number of hydrogen-bond donors (Lipinski definition) is 3. The van der Waals surface area contributed by atoms with Crippen molar-refractivity contribution in [3.8, 4) is 0 Å². The van der Waals surface area contributed by atoms with E-state index < -0.39 is 5.60 Å². The van der Waals surface area contributed by atoms with Gasteiger partial charge in [-0.1, -0.05) is 0 Å². The summed E-state index contributed by atoms with van der Waals surface area (Å²) in [5, 5.41) is 16.0. The van der Waals surface area contributed by atoms with Crippen molar-refractivity contribution in [1.29, 1.82) is 0 Å². The van der Waals surface area contributed by atoms with Gasteiger partial charge in [0.2, 0.25) is 0 Å². The Bertz CT molecular complexity index is 352. The average molecular weight is 224 g/mol. The highest BCUT2D eigenvalue weighted by Crippen LogP contribution is 2.19. The molecule has 0 spiro atoms. The fourth-order valence-electron chi connectivity index (χ4n) is 1.58. The summed E-state index contributed by atoms with van der Waals surface area (Å²) in [5.41, 5.74) is -0.773. The van der Waals surface area contributed by atoms with Crippen LogP contribution in [0.4, 0.5) is 11.6 Å². The van der Waals surface area contributed by atoms with Crippen molar-refractivity contribution in [3.63, 3.8) is 0 Å². The molecule has 1 saturated heterocycles. The Labute approximate surface area is 94.1 Å². The van der Waals surface area contributed by atoms with Gasteiger partial charge in [0.1, 0.15) is 23.6 Å². The van der Waals surface area contributed by atoms with Gasteiger partial charge in [-0.05, 0) is 0 Å². The van der Waals surface area contributed by atoms with E-state index in [4.69, 9.17) is 4.74 Å². The van der Waals surface area contributed by atoms with Gasteiger partial charge in [-0.15, -0.1) is 0 Å². The summed E-state index contributed by atoms with van der Waals surface area (Å²) < 4.78 is 5.16. The third kappa shape index (κ3) is 2.59. The van der Waals surface area contributed by atoms with Gasteiger partial charge >= 0.3 is 0 Å². The van der Waals surface area contributed by atoms with Crippen molar-refractivity contribution in [2.75, 3.05) is 37.4 Å². The van der Waals surface area contributed by atoms with Crippen LogP contribution >= 0.6 is 0 Å². The fraction of sp³-hybridized carbons (Fsp3) is 0.600. The lowest BCUT2D eigenvalue weighted by Gasteiger charge is -2.20. The van der Waals surface area contributed by atoms with E-state index in [1.165, 1.54) is 6.33 Å². The molecule has 88 valence electrons. The zero-order valence-electron chi connectivity index (χ0n) is 9.23. The van der Waals surface area contributed by atoms with Crippen LogP contribution < -0.4 is 10.6 Å². The topological polar surface area (TPSA) is 79.3 Å². The molecule has 0 aromatic carbocycles. The van der Waals surface area contributed by atoms with Gasteiger partial charge in [0.05, 0.1) is 6.61 Å². The molecule has 1 aliphatic rings. The molecule has 0 amide bonds. The van der Waals surface area contributed by atoms with E-state index >= 15 is 0 Å². The number of rotatable bonds is 4. The maximum absolute atomic E-state index is 10.0. The molecule has 1 unspecified atom stereocenters. The second kappa shape index (κ2) is 4.63. The van der Waals surface area contributed by atoms with Crippen LogP contribution in [0.1, 0.15) is 6.42 Å². The van der Waals surface area contributed by atoms with E-state index in [1.807, 2.05) is 0 Å². The second-order valence-corrected chi connectivity index (χ2v) is 3.92. The molecule has 6 heteroatoms. The molecular formula is C10H16N4O2. The lowest BCUT2D eigenvalue weighted by Crippen LogP contribution is -2.37. The predicted molar refractivity (Wildman–Crippen MR) is 60.5 cm³/mol. The molecule has 16 heavy (non-hydrogen) atoms. The Balaban J connectivity index is 1.93. The Morgan fingerprint density at radius 1 is 1.50 bits per heavy atom. The van der Waals surface area contributed by atoms with E-state index in [0.717, 1.165) is 5.82 Å². The lowest BCUT2D eigenvalue weighted by molar-refractivity contribution is 0.0381. The highest BCUT2D eigenvalue weighted by atomic mass is 16.5. The molecule has 2 rings (SSSR count).